The molecule has 7 heteroatoms. The Labute approximate surface area is 114 Å². The van der Waals surface area contributed by atoms with E-state index in [0.29, 0.717) is 24.7 Å². The number of rotatable bonds is 4. The highest BCUT2D eigenvalue weighted by molar-refractivity contribution is 5.94. The first-order valence-corrected chi connectivity index (χ1v) is 6.22. The van der Waals surface area contributed by atoms with Crippen LogP contribution in [0.3, 0.4) is 0 Å². The second kappa shape index (κ2) is 6.51. The molecule has 0 fully saturated rings. The average Bonchev–Trinajstić information content (AvgIpc) is 2.68. The van der Waals surface area contributed by atoms with Crippen molar-refractivity contribution in [1.82, 2.24) is 5.32 Å². The van der Waals surface area contributed by atoms with Gasteiger partial charge >= 0.3 is 0 Å². The van der Waals surface area contributed by atoms with E-state index in [1.807, 2.05) is 0 Å². The minimum atomic E-state index is -2.89. The molecule has 0 bridgehead atoms. The summed E-state index contributed by atoms with van der Waals surface area (Å²) in [5.41, 5.74) is 0.260. The SMILES string of the molecule is O=C(NCC(O)C(F)F)c1ccc2c(c1)OCCCO2. The number of hydrogen-bond acceptors (Lipinski definition) is 4. The lowest BCUT2D eigenvalue weighted by atomic mass is 10.2. The molecule has 2 N–H and O–H groups in total. The zero-order valence-electron chi connectivity index (χ0n) is 10.6. The van der Waals surface area contributed by atoms with Crippen molar-refractivity contribution in [1.29, 1.82) is 0 Å². The first kappa shape index (κ1) is 14.5. The summed E-state index contributed by atoms with van der Waals surface area (Å²) < 4.78 is 35.1. The third-order valence-electron chi connectivity index (χ3n) is 2.77. The predicted molar refractivity (Wildman–Crippen MR) is 66.4 cm³/mol. The van der Waals surface area contributed by atoms with E-state index in [4.69, 9.17) is 14.6 Å². The maximum Gasteiger partial charge on any atom is 0.265 e. The monoisotopic (exact) mass is 287 g/mol. The number of carbonyl (C=O) groups excluding carboxylic acids is 1. The number of amides is 1. The number of halogens is 2. The van der Waals surface area contributed by atoms with Gasteiger partial charge in [0.1, 0.15) is 6.10 Å². The molecule has 0 saturated carbocycles. The summed E-state index contributed by atoms with van der Waals surface area (Å²) >= 11 is 0. The van der Waals surface area contributed by atoms with Gasteiger partial charge in [-0.15, -0.1) is 0 Å². The van der Waals surface area contributed by atoms with E-state index in [-0.39, 0.29) is 5.56 Å². The molecule has 1 amide bonds. The van der Waals surface area contributed by atoms with Gasteiger partial charge in [0, 0.05) is 18.5 Å². The molecule has 110 valence electrons. The Morgan fingerprint density at radius 2 is 2.00 bits per heavy atom. The Morgan fingerprint density at radius 1 is 1.30 bits per heavy atom. The number of aliphatic hydroxyl groups excluding tert-OH is 1. The molecule has 0 spiro atoms. The molecular weight excluding hydrogens is 272 g/mol. The van der Waals surface area contributed by atoms with Crippen molar-refractivity contribution in [3.63, 3.8) is 0 Å². The number of aliphatic hydroxyl groups is 1. The topological polar surface area (TPSA) is 67.8 Å². The van der Waals surface area contributed by atoms with Gasteiger partial charge in [-0.1, -0.05) is 0 Å². The van der Waals surface area contributed by atoms with E-state index in [0.717, 1.165) is 6.42 Å². The second-order valence-corrected chi connectivity index (χ2v) is 4.32. The Balaban J connectivity index is 2.01. The molecule has 1 atom stereocenters. The van der Waals surface area contributed by atoms with Crippen LogP contribution in [0.1, 0.15) is 16.8 Å². The Morgan fingerprint density at radius 3 is 2.70 bits per heavy atom. The highest BCUT2D eigenvalue weighted by Crippen LogP contribution is 2.30. The summed E-state index contributed by atoms with van der Waals surface area (Å²) in [6.45, 7) is 0.520. The minimum absolute atomic E-state index is 0.260. The molecule has 0 radical (unpaired) electrons. The van der Waals surface area contributed by atoms with Crippen molar-refractivity contribution in [3.05, 3.63) is 23.8 Å². The van der Waals surface area contributed by atoms with Gasteiger partial charge < -0.3 is 19.9 Å². The van der Waals surface area contributed by atoms with Gasteiger partial charge in [-0.3, -0.25) is 4.79 Å². The van der Waals surface area contributed by atoms with Gasteiger partial charge in [-0.25, -0.2) is 8.78 Å². The molecule has 1 unspecified atom stereocenters. The molecule has 1 aromatic rings. The van der Waals surface area contributed by atoms with Gasteiger partial charge in [-0.2, -0.15) is 0 Å². The van der Waals surface area contributed by atoms with Crippen LogP contribution in [0.2, 0.25) is 0 Å². The van der Waals surface area contributed by atoms with Crippen molar-refractivity contribution >= 4 is 5.91 Å². The quantitative estimate of drug-likeness (QED) is 0.873. The average molecular weight is 287 g/mol. The molecule has 1 aliphatic rings. The predicted octanol–water partition coefficient (Wildman–Crippen LogP) is 1.20. The maximum absolute atomic E-state index is 12.1. The molecule has 2 rings (SSSR count). The molecule has 20 heavy (non-hydrogen) atoms. The molecule has 1 aliphatic heterocycles. The maximum atomic E-state index is 12.1. The number of benzene rings is 1. The smallest absolute Gasteiger partial charge is 0.265 e. The summed E-state index contributed by atoms with van der Waals surface area (Å²) in [6.07, 6.45) is -4.02. The zero-order chi connectivity index (χ0) is 14.5. The van der Waals surface area contributed by atoms with E-state index < -0.39 is 25.0 Å². The number of alkyl halides is 2. The minimum Gasteiger partial charge on any atom is -0.490 e. The number of ether oxygens (including phenoxy) is 2. The summed E-state index contributed by atoms with van der Waals surface area (Å²) in [5, 5.41) is 11.2. The van der Waals surface area contributed by atoms with Crippen LogP contribution < -0.4 is 14.8 Å². The first-order valence-electron chi connectivity index (χ1n) is 6.22. The summed E-state index contributed by atoms with van der Waals surface area (Å²) in [4.78, 5) is 11.8. The highest BCUT2D eigenvalue weighted by Gasteiger charge is 2.19. The van der Waals surface area contributed by atoms with Crippen LogP contribution >= 0.6 is 0 Å². The molecule has 5 nitrogen and oxygen atoms in total. The normalized spacial score (nSPS) is 15.6. The van der Waals surface area contributed by atoms with Gasteiger partial charge in [0.2, 0.25) is 0 Å². The molecule has 1 heterocycles. The fourth-order valence-corrected chi connectivity index (χ4v) is 1.69. The summed E-state index contributed by atoms with van der Waals surface area (Å²) in [6, 6.07) is 4.60. The molecule has 0 aromatic heterocycles. The van der Waals surface area contributed by atoms with Crippen LogP contribution in [-0.2, 0) is 0 Å². The lowest BCUT2D eigenvalue weighted by Gasteiger charge is -2.12. The van der Waals surface area contributed by atoms with Crippen LogP contribution in [0.15, 0.2) is 18.2 Å². The van der Waals surface area contributed by atoms with E-state index in [1.54, 1.807) is 6.07 Å². The number of carbonyl (C=O) groups is 1. The van der Waals surface area contributed by atoms with Crippen LogP contribution in [0.25, 0.3) is 0 Å². The Hall–Kier alpha value is -1.89. The van der Waals surface area contributed by atoms with Gasteiger partial charge in [-0.05, 0) is 18.2 Å². The number of hydrogen-bond donors (Lipinski definition) is 2. The van der Waals surface area contributed by atoms with Crippen molar-refractivity contribution in [2.75, 3.05) is 19.8 Å². The third kappa shape index (κ3) is 3.57. The summed E-state index contributed by atoms with van der Waals surface area (Å²) in [5.74, 6) is 0.441. The van der Waals surface area contributed by atoms with Crippen LogP contribution in [0, 0.1) is 0 Å². The molecular formula is C13H15F2NO4. The van der Waals surface area contributed by atoms with E-state index in [2.05, 4.69) is 5.32 Å². The lowest BCUT2D eigenvalue weighted by Crippen LogP contribution is -2.35. The molecule has 1 aromatic carbocycles. The van der Waals surface area contributed by atoms with Crippen LogP contribution in [0.4, 0.5) is 8.78 Å². The standard InChI is InChI=1S/C13H15F2NO4/c14-12(15)9(17)7-16-13(18)8-2-3-10-11(6-8)20-5-1-4-19-10/h2-3,6,9,12,17H,1,4-5,7H2,(H,16,18). The number of fused-ring (bicyclic) bond motifs is 1. The second-order valence-electron chi connectivity index (χ2n) is 4.32. The van der Waals surface area contributed by atoms with Gasteiger partial charge in [0.05, 0.1) is 13.2 Å². The highest BCUT2D eigenvalue weighted by atomic mass is 19.3. The largest absolute Gasteiger partial charge is 0.490 e. The lowest BCUT2D eigenvalue weighted by molar-refractivity contribution is -0.00270. The summed E-state index contributed by atoms with van der Waals surface area (Å²) in [7, 11) is 0. The van der Waals surface area contributed by atoms with Crippen LogP contribution in [0.5, 0.6) is 11.5 Å². The Bertz CT molecular complexity index is 481. The van der Waals surface area contributed by atoms with Crippen LogP contribution in [-0.4, -0.2) is 43.3 Å². The van der Waals surface area contributed by atoms with Gasteiger partial charge in [0.25, 0.3) is 12.3 Å². The fraction of sp³-hybridized carbons (Fsp3) is 0.462. The van der Waals surface area contributed by atoms with Gasteiger partial charge in [0.15, 0.2) is 11.5 Å². The molecule has 0 aliphatic carbocycles. The van der Waals surface area contributed by atoms with Crippen molar-refractivity contribution in [2.24, 2.45) is 0 Å². The Kier molecular flexibility index (Phi) is 4.73. The first-order chi connectivity index (χ1) is 9.58. The van der Waals surface area contributed by atoms with Crippen molar-refractivity contribution < 1.29 is 28.2 Å². The third-order valence-corrected chi connectivity index (χ3v) is 2.77. The van der Waals surface area contributed by atoms with E-state index >= 15 is 0 Å². The number of nitrogens with one attached hydrogen (secondary N) is 1. The van der Waals surface area contributed by atoms with E-state index in [9.17, 15) is 13.6 Å². The zero-order valence-corrected chi connectivity index (χ0v) is 10.6. The van der Waals surface area contributed by atoms with Crippen molar-refractivity contribution in [2.45, 2.75) is 19.0 Å². The van der Waals surface area contributed by atoms with Crippen molar-refractivity contribution in [3.8, 4) is 11.5 Å². The molecule has 0 saturated heterocycles. The fourth-order valence-electron chi connectivity index (χ4n) is 1.69. The van der Waals surface area contributed by atoms with E-state index in [1.165, 1.54) is 12.1 Å².